The van der Waals surface area contributed by atoms with Crippen LogP contribution in [0.4, 0.5) is 8.78 Å². The van der Waals surface area contributed by atoms with E-state index in [1.807, 2.05) is 0 Å². The molecule has 0 saturated heterocycles. The molecular weight excluding hydrogens is 194 g/mol. The third kappa shape index (κ3) is 9.34. The molecule has 4 nitrogen and oxygen atoms in total. The average Bonchev–Trinajstić information content (AvgIpc) is 2.13. The Morgan fingerprint density at radius 1 is 1.50 bits per heavy atom. The molecule has 0 radical (unpaired) electrons. The van der Waals surface area contributed by atoms with E-state index in [1.165, 1.54) is 0 Å². The van der Waals surface area contributed by atoms with Crippen molar-refractivity contribution in [1.29, 1.82) is 0 Å². The molecule has 0 aromatic rings. The lowest BCUT2D eigenvalue weighted by atomic mass is 10.4. The van der Waals surface area contributed by atoms with Gasteiger partial charge in [0.2, 0.25) is 5.91 Å². The number of carbonyl (C=O) groups excluding carboxylic acids is 1. The summed E-state index contributed by atoms with van der Waals surface area (Å²) < 4.78 is 27.7. The summed E-state index contributed by atoms with van der Waals surface area (Å²) in [6, 6.07) is 0. The average molecular weight is 210 g/mol. The van der Waals surface area contributed by atoms with Gasteiger partial charge in [0.25, 0.3) is 6.43 Å². The number of nitrogens with one attached hydrogen (secondary N) is 1. The Morgan fingerprint density at radius 3 is 2.79 bits per heavy atom. The zero-order valence-electron chi connectivity index (χ0n) is 7.97. The zero-order chi connectivity index (χ0) is 10.8. The highest BCUT2D eigenvalue weighted by Crippen LogP contribution is 1.93. The maximum absolute atomic E-state index is 11.6. The van der Waals surface area contributed by atoms with Crippen molar-refractivity contribution in [2.45, 2.75) is 19.3 Å². The van der Waals surface area contributed by atoms with Crippen LogP contribution in [0.15, 0.2) is 0 Å². The second-order valence-corrected chi connectivity index (χ2v) is 2.71. The van der Waals surface area contributed by atoms with Gasteiger partial charge in [-0.2, -0.15) is 0 Å². The number of rotatable bonds is 8. The summed E-state index contributed by atoms with van der Waals surface area (Å²) in [5.74, 6) is -0.201. The third-order valence-corrected chi connectivity index (χ3v) is 1.42. The van der Waals surface area contributed by atoms with Gasteiger partial charge in [-0.1, -0.05) is 0 Å². The van der Waals surface area contributed by atoms with E-state index in [-0.39, 0.29) is 18.9 Å². The minimum Gasteiger partial charge on any atom is -0.375 e. The Balaban J connectivity index is 3.18. The predicted octanol–water partition coefficient (Wildman–Crippen LogP) is 0.123. The number of ether oxygens (including phenoxy) is 1. The first kappa shape index (κ1) is 13.2. The van der Waals surface area contributed by atoms with Crippen LogP contribution in [0.2, 0.25) is 0 Å². The molecule has 1 amide bonds. The topological polar surface area (TPSA) is 64.3 Å². The van der Waals surface area contributed by atoms with Gasteiger partial charge in [0.15, 0.2) is 0 Å². The van der Waals surface area contributed by atoms with Crippen LogP contribution in [0.5, 0.6) is 0 Å². The van der Waals surface area contributed by atoms with Crippen LogP contribution in [-0.4, -0.2) is 38.6 Å². The summed E-state index contributed by atoms with van der Waals surface area (Å²) in [6.07, 6.45) is -1.66. The Kier molecular flexibility index (Phi) is 8.36. The van der Waals surface area contributed by atoms with Crippen LogP contribution < -0.4 is 11.1 Å². The molecule has 84 valence electrons. The second-order valence-electron chi connectivity index (χ2n) is 2.71. The lowest BCUT2D eigenvalue weighted by Gasteiger charge is -2.04. The maximum Gasteiger partial charge on any atom is 0.261 e. The van der Waals surface area contributed by atoms with Crippen LogP contribution in [0, 0.1) is 0 Å². The maximum atomic E-state index is 11.6. The molecule has 0 aliphatic rings. The number of hydrogen-bond donors (Lipinski definition) is 2. The van der Waals surface area contributed by atoms with E-state index < -0.39 is 13.0 Å². The van der Waals surface area contributed by atoms with E-state index in [9.17, 15) is 13.6 Å². The summed E-state index contributed by atoms with van der Waals surface area (Å²) in [6.45, 7) is 0.446. The van der Waals surface area contributed by atoms with Crippen LogP contribution in [0.3, 0.4) is 0 Å². The molecule has 0 rings (SSSR count). The molecule has 6 heteroatoms. The van der Waals surface area contributed by atoms with Gasteiger partial charge in [0.1, 0.15) is 6.61 Å². The lowest BCUT2D eigenvalue weighted by Crippen LogP contribution is -2.27. The molecular formula is C8H16F2N2O2. The smallest absolute Gasteiger partial charge is 0.261 e. The fourth-order valence-electron chi connectivity index (χ4n) is 0.756. The fraction of sp³-hybridized carbons (Fsp3) is 0.875. The molecule has 14 heavy (non-hydrogen) atoms. The molecule has 0 fully saturated rings. The summed E-state index contributed by atoms with van der Waals surface area (Å²) in [5, 5.41) is 2.59. The van der Waals surface area contributed by atoms with Crippen molar-refractivity contribution in [3.63, 3.8) is 0 Å². The first-order valence-electron chi connectivity index (χ1n) is 4.49. The minimum absolute atomic E-state index is 0.0266. The van der Waals surface area contributed by atoms with Crippen molar-refractivity contribution in [2.24, 2.45) is 5.73 Å². The molecule has 0 saturated carbocycles. The Labute approximate surface area is 81.8 Å². The molecule has 0 heterocycles. The van der Waals surface area contributed by atoms with Crippen LogP contribution in [-0.2, 0) is 9.53 Å². The van der Waals surface area contributed by atoms with Gasteiger partial charge in [0, 0.05) is 13.0 Å². The number of alkyl halides is 2. The predicted molar refractivity (Wildman–Crippen MR) is 48.1 cm³/mol. The molecule has 0 aliphatic carbocycles. The first-order chi connectivity index (χ1) is 6.66. The SMILES string of the molecule is NCCCNC(=O)CCOCC(F)F. The monoisotopic (exact) mass is 210 g/mol. The minimum atomic E-state index is -2.48. The van der Waals surface area contributed by atoms with Crippen molar-refractivity contribution < 1.29 is 18.3 Å². The molecule has 0 unspecified atom stereocenters. The first-order valence-corrected chi connectivity index (χ1v) is 4.49. The molecule has 3 N–H and O–H groups in total. The highest BCUT2D eigenvalue weighted by molar-refractivity contribution is 5.75. The van der Waals surface area contributed by atoms with Gasteiger partial charge in [-0.15, -0.1) is 0 Å². The van der Waals surface area contributed by atoms with E-state index in [1.54, 1.807) is 0 Å². The molecule has 0 aliphatic heterocycles. The number of halogens is 2. The van der Waals surface area contributed by atoms with Crippen LogP contribution in [0.25, 0.3) is 0 Å². The van der Waals surface area contributed by atoms with Crippen molar-refractivity contribution >= 4 is 5.91 Å². The molecule has 0 spiro atoms. The highest BCUT2D eigenvalue weighted by Gasteiger charge is 2.03. The van der Waals surface area contributed by atoms with E-state index in [0.29, 0.717) is 19.5 Å². The molecule has 0 aromatic carbocycles. The largest absolute Gasteiger partial charge is 0.375 e. The Hall–Kier alpha value is -0.750. The number of amides is 1. The number of hydrogen-bond acceptors (Lipinski definition) is 3. The van der Waals surface area contributed by atoms with Crippen LogP contribution in [0.1, 0.15) is 12.8 Å². The summed E-state index contributed by atoms with van der Waals surface area (Å²) in [5.41, 5.74) is 5.21. The molecule has 0 aromatic heterocycles. The van der Waals surface area contributed by atoms with Crippen LogP contribution >= 0.6 is 0 Å². The Morgan fingerprint density at radius 2 is 2.21 bits per heavy atom. The van der Waals surface area contributed by atoms with Gasteiger partial charge in [-0.05, 0) is 13.0 Å². The van der Waals surface area contributed by atoms with E-state index >= 15 is 0 Å². The van der Waals surface area contributed by atoms with Crippen molar-refractivity contribution in [2.75, 3.05) is 26.3 Å². The van der Waals surface area contributed by atoms with Crippen molar-refractivity contribution in [3.8, 4) is 0 Å². The van der Waals surface area contributed by atoms with Gasteiger partial charge in [0.05, 0.1) is 6.61 Å². The fourth-order valence-corrected chi connectivity index (χ4v) is 0.756. The van der Waals surface area contributed by atoms with Crippen molar-refractivity contribution in [3.05, 3.63) is 0 Å². The number of nitrogens with two attached hydrogens (primary N) is 1. The standard InChI is InChI=1S/C8H16F2N2O2/c9-7(10)6-14-5-2-8(13)12-4-1-3-11/h7H,1-6,11H2,(H,12,13). The number of carbonyl (C=O) groups is 1. The zero-order valence-corrected chi connectivity index (χ0v) is 7.97. The van der Waals surface area contributed by atoms with Gasteiger partial charge in [-0.25, -0.2) is 8.78 Å². The quantitative estimate of drug-likeness (QED) is 0.559. The Bertz CT molecular complexity index is 156. The van der Waals surface area contributed by atoms with E-state index in [4.69, 9.17) is 5.73 Å². The van der Waals surface area contributed by atoms with E-state index in [0.717, 1.165) is 0 Å². The van der Waals surface area contributed by atoms with Crippen molar-refractivity contribution in [1.82, 2.24) is 5.32 Å². The van der Waals surface area contributed by atoms with Gasteiger partial charge >= 0.3 is 0 Å². The molecule has 0 bridgehead atoms. The normalized spacial score (nSPS) is 10.6. The third-order valence-electron chi connectivity index (χ3n) is 1.42. The van der Waals surface area contributed by atoms with E-state index in [2.05, 4.69) is 10.1 Å². The van der Waals surface area contributed by atoms with Gasteiger partial charge in [-0.3, -0.25) is 4.79 Å². The summed E-state index contributed by atoms with van der Waals surface area (Å²) in [7, 11) is 0. The summed E-state index contributed by atoms with van der Waals surface area (Å²) >= 11 is 0. The lowest BCUT2D eigenvalue weighted by molar-refractivity contribution is -0.122. The summed E-state index contributed by atoms with van der Waals surface area (Å²) in [4.78, 5) is 10.9. The second kappa shape index (κ2) is 8.83. The van der Waals surface area contributed by atoms with Gasteiger partial charge < -0.3 is 15.8 Å². The molecule has 0 atom stereocenters. The highest BCUT2D eigenvalue weighted by atomic mass is 19.3.